The maximum atomic E-state index is 12.1. The Morgan fingerprint density at radius 2 is 2.00 bits per heavy atom. The van der Waals surface area contributed by atoms with E-state index in [1.54, 1.807) is 23.9 Å². The van der Waals surface area contributed by atoms with E-state index in [1.165, 1.54) is 19.1 Å². The summed E-state index contributed by atoms with van der Waals surface area (Å²) in [5.74, 6) is 1.75. The maximum Gasteiger partial charge on any atom is 0.240 e. The summed E-state index contributed by atoms with van der Waals surface area (Å²) >= 11 is 1.75. The minimum Gasteiger partial charge on any atom is -0.295 e. The summed E-state index contributed by atoms with van der Waals surface area (Å²) in [5, 5.41) is 0. The molecule has 0 bridgehead atoms. The van der Waals surface area contributed by atoms with Crippen molar-refractivity contribution in [3.8, 4) is 0 Å². The van der Waals surface area contributed by atoms with E-state index < -0.39 is 10.0 Å². The van der Waals surface area contributed by atoms with Gasteiger partial charge in [-0.1, -0.05) is 12.1 Å². The Morgan fingerprint density at radius 3 is 2.50 bits per heavy atom. The molecule has 0 saturated carbocycles. The molecule has 6 heteroatoms. The summed E-state index contributed by atoms with van der Waals surface area (Å²) in [5.41, 5.74) is 0.519. The zero-order valence-corrected chi connectivity index (χ0v) is 11.7. The predicted octanol–water partition coefficient (Wildman–Crippen LogP) is 1.67. The molecule has 1 N–H and O–H groups in total. The molecule has 2 rings (SSSR count). The Kier molecular flexibility index (Phi) is 4.09. The number of carbonyl (C=O) groups is 1. The number of hydrogen-bond donors (Lipinski definition) is 1. The highest BCUT2D eigenvalue weighted by Crippen LogP contribution is 2.19. The lowest BCUT2D eigenvalue weighted by Gasteiger charge is -2.12. The number of thioether (sulfide) groups is 1. The van der Waals surface area contributed by atoms with Gasteiger partial charge in [-0.3, -0.25) is 4.79 Å². The van der Waals surface area contributed by atoms with Gasteiger partial charge in [-0.2, -0.15) is 11.8 Å². The Hall–Kier alpha value is -0.850. The Bertz CT molecular complexity index is 531. The standard InChI is InChI=1S/C12H15NO3S2/c1-9(14)10-2-4-12(5-3-10)18(15,16)13-11-6-7-17-8-11/h2-5,11,13H,6-8H2,1H3. The van der Waals surface area contributed by atoms with E-state index in [-0.39, 0.29) is 16.7 Å². The van der Waals surface area contributed by atoms with Crippen LogP contribution in [0.1, 0.15) is 23.7 Å². The van der Waals surface area contributed by atoms with Crippen LogP contribution in [-0.4, -0.2) is 31.7 Å². The van der Waals surface area contributed by atoms with Crippen molar-refractivity contribution in [2.75, 3.05) is 11.5 Å². The Balaban J connectivity index is 2.16. The molecule has 1 aromatic rings. The normalized spacial score (nSPS) is 19.9. The molecule has 1 aliphatic heterocycles. The molecule has 1 fully saturated rings. The summed E-state index contributed by atoms with van der Waals surface area (Å²) in [4.78, 5) is 11.3. The molecule has 4 nitrogen and oxygen atoms in total. The van der Waals surface area contributed by atoms with Gasteiger partial charge in [0.25, 0.3) is 0 Å². The van der Waals surface area contributed by atoms with Crippen LogP contribution >= 0.6 is 11.8 Å². The topological polar surface area (TPSA) is 63.2 Å². The van der Waals surface area contributed by atoms with Crippen LogP contribution in [0.5, 0.6) is 0 Å². The minimum absolute atomic E-state index is 0.0208. The molecule has 1 aromatic carbocycles. The van der Waals surface area contributed by atoms with Gasteiger partial charge in [0.2, 0.25) is 10.0 Å². The molecule has 1 saturated heterocycles. The molecule has 18 heavy (non-hydrogen) atoms. The van der Waals surface area contributed by atoms with Gasteiger partial charge in [-0.15, -0.1) is 0 Å². The number of nitrogens with one attached hydrogen (secondary N) is 1. The number of Topliss-reactive ketones (excluding diaryl/α,β-unsaturated/α-hetero) is 1. The largest absolute Gasteiger partial charge is 0.295 e. The second-order valence-corrected chi connectivity index (χ2v) is 7.13. The van der Waals surface area contributed by atoms with Gasteiger partial charge in [0.05, 0.1) is 4.90 Å². The molecule has 1 heterocycles. The third-order valence-electron chi connectivity index (χ3n) is 2.82. The van der Waals surface area contributed by atoms with Crippen molar-refractivity contribution in [2.45, 2.75) is 24.3 Å². The fourth-order valence-corrected chi connectivity index (χ4v) is 4.31. The fourth-order valence-electron chi connectivity index (χ4n) is 1.78. The van der Waals surface area contributed by atoms with Gasteiger partial charge in [-0.25, -0.2) is 13.1 Å². The Labute approximate surface area is 111 Å². The average molecular weight is 285 g/mol. The molecule has 0 amide bonds. The molecule has 1 aliphatic rings. The predicted molar refractivity (Wildman–Crippen MR) is 72.5 cm³/mol. The van der Waals surface area contributed by atoms with Crippen LogP contribution in [0.2, 0.25) is 0 Å². The van der Waals surface area contributed by atoms with Crippen molar-refractivity contribution in [2.24, 2.45) is 0 Å². The van der Waals surface area contributed by atoms with E-state index in [4.69, 9.17) is 0 Å². The molecule has 0 spiro atoms. The summed E-state index contributed by atoms with van der Waals surface area (Å²) in [6.45, 7) is 1.46. The van der Waals surface area contributed by atoms with E-state index in [2.05, 4.69) is 4.72 Å². The van der Waals surface area contributed by atoms with Crippen molar-refractivity contribution in [1.82, 2.24) is 4.72 Å². The van der Waals surface area contributed by atoms with Crippen LogP contribution in [0, 0.1) is 0 Å². The summed E-state index contributed by atoms with van der Waals surface area (Å²) in [6, 6.07) is 6.05. The van der Waals surface area contributed by atoms with E-state index in [0.717, 1.165) is 17.9 Å². The van der Waals surface area contributed by atoms with E-state index in [0.29, 0.717) is 5.56 Å². The highest BCUT2D eigenvalue weighted by atomic mass is 32.2. The lowest BCUT2D eigenvalue weighted by Crippen LogP contribution is -2.34. The van der Waals surface area contributed by atoms with Crippen LogP contribution in [-0.2, 0) is 10.0 Å². The molecule has 0 radical (unpaired) electrons. The van der Waals surface area contributed by atoms with Gasteiger partial charge < -0.3 is 0 Å². The maximum absolute atomic E-state index is 12.1. The molecule has 1 unspecified atom stereocenters. The lowest BCUT2D eigenvalue weighted by atomic mass is 10.2. The van der Waals surface area contributed by atoms with Gasteiger partial charge in [0, 0.05) is 17.4 Å². The second kappa shape index (κ2) is 5.42. The number of ketones is 1. The van der Waals surface area contributed by atoms with Crippen LogP contribution < -0.4 is 4.72 Å². The highest BCUT2D eigenvalue weighted by molar-refractivity contribution is 7.99. The lowest BCUT2D eigenvalue weighted by molar-refractivity contribution is 0.101. The third-order valence-corrected chi connectivity index (χ3v) is 5.52. The zero-order valence-electron chi connectivity index (χ0n) is 10.0. The average Bonchev–Trinajstić information content (AvgIpc) is 2.81. The van der Waals surface area contributed by atoms with Crippen molar-refractivity contribution in [1.29, 1.82) is 0 Å². The van der Waals surface area contributed by atoms with Crippen LogP contribution in [0.3, 0.4) is 0 Å². The fraction of sp³-hybridized carbons (Fsp3) is 0.417. The first-order chi connectivity index (χ1) is 8.49. The summed E-state index contributed by atoms with van der Waals surface area (Å²) < 4.78 is 26.8. The molecule has 98 valence electrons. The van der Waals surface area contributed by atoms with E-state index in [1.807, 2.05) is 0 Å². The first kappa shape index (κ1) is 13.6. The Morgan fingerprint density at radius 1 is 1.33 bits per heavy atom. The number of benzene rings is 1. The van der Waals surface area contributed by atoms with Gasteiger partial charge in [0.1, 0.15) is 0 Å². The van der Waals surface area contributed by atoms with Crippen LogP contribution in [0.25, 0.3) is 0 Å². The van der Waals surface area contributed by atoms with Crippen molar-refractivity contribution in [3.05, 3.63) is 29.8 Å². The monoisotopic (exact) mass is 285 g/mol. The molecular formula is C12H15NO3S2. The zero-order chi connectivity index (χ0) is 13.2. The van der Waals surface area contributed by atoms with E-state index in [9.17, 15) is 13.2 Å². The van der Waals surface area contributed by atoms with Gasteiger partial charge in [-0.05, 0) is 31.2 Å². The smallest absolute Gasteiger partial charge is 0.240 e. The molecule has 0 aliphatic carbocycles. The minimum atomic E-state index is -3.46. The molecule has 1 atom stereocenters. The number of hydrogen-bond acceptors (Lipinski definition) is 4. The quantitative estimate of drug-likeness (QED) is 0.855. The summed E-state index contributed by atoms with van der Waals surface area (Å²) in [6.07, 6.45) is 0.870. The number of carbonyl (C=O) groups excluding carboxylic acids is 1. The van der Waals surface area contributed by atoms with Crippen molar-refractivity contribution in [3.63, 3.8) is 0 Å². The molecular weight excluding hydrogens is 270 g/mol. The first-order valence-corrected chi connectivity index (χ1v) is 8.34. The second-order valence-electron chi connectivity index (χ2n) is 4.26. The van der Waals surface area contributed by atoms with Crippen LogP contribution in [0.15, 0.2) is 29.2 Å². The number of rotatable bonds is 4. The number of sulfonamides is 1. The third kappa shape index (κ3) is 3.13. The van der Waals surface area contributed by atoms with E-state index >= 15 is 0 Å². The van der Waals surface area contributed by atoms with Gasteiger partial charge in [0.15, 0.2) is 5.78 Å². The molecule has 0 aromatic heterocycles. The van der Waals surface area contributed by atoms with Crippen molar-refractivity contribution >= 4 is 27.6 Å². The highest BCUT2D eigenvalue weighted by Gasteiger charge is 2.23. The van der Waals surface area contributed by atoms with Crippen molar-refractivity contribution < 1.29 is 13.2 Å². The first-order valence-electron chi connectivity index (χ1n) is 5.70. The van der Waals surface area contributed by atoms with Crippen LogP contribution in [0.4, 0.5) is 0 Å². The summed E-state index contributed by atoms with van der Waals surface area (Å²) in [7, 11) is -3.46. The SMILES string of the molecule is CC(=O)c1ccc(S(=O)(=O)NC2CCSC2)cc1. The van der Waals surface area contributed by atoms with Gasteiger partial charge >= 0.3 is 0 Å².